The highest BCUT2D eigenvalue weighted by Crippen LogP contribution is 2.46. The zero-order chi connectivity index (χ0) is 24.5. The monoisotopic (exact) mass is 483 g/mol. The molecule has 1 aliphatic heterocycles. The average Bonchev–Trinajstić information content (AvgIpc) is 3.52. The highest BCUT2D eigenvalue weighted by atomic mass is 16.2. The van der Waals surface area contributed by atoms with E-state index in [1.165, 1.54) is 61.4 Å². The van der Waals surface area contributed by atoms with Crippen LogP contribution >= 0.6 is 0 Å². The van der Waals surface area contributed by atoms with Crippen molar-refractivity contribution in [3.63, 3.8) is 0 Å². The van der Waals surface area contributed by atoms with Gasteiger partial charge in [-0.2, -0.15) is 0 Å². The van der Waals surface area contributed by atoms with Crippen LogP contribution in [-0.4, -0.2) is 41.5 Å². The topological polar surface area (TPSA) is 48.1 Å². The van der Waals surface area contributed by atoms with Crippen molar-refractivity contribution in [3.8, 4) is 0 Å². The molecule has 1 spiro atoms. The first-order chi connectivity index (χ1) is 17.6. The van der Waals surface area contributed by atoms with Crippen LogP contribution in [0.5, 0.6) is 0 Å². The van der Waals surface area contributed by atoms with E-state index < -0.39 is 0 Å². The molecule has 0 radical (unpaired) electrons. The Morgan fingerprint density at radius 3 is 2.61 bits per heavy atom. The molecule has 4 heteroatoms. The molecule has 3 aromatic rings. The standard InChI is InChI=1S/C32H41N3O/c1-23(27-21-33-29-14-8-6-12-26(27)29)30(34-31(36)25-10-3-2-4-11-25)22-35-19-17-32(18-20-35)16-15-24-9-5-7-13-28(24)32/h5-9,12-14,21,23,25,30,33H,2-4,10-11,15-20,22H2,1H3,(H,34,36)/t23-,30+/m1/s1. The summed E-state index contributed by atoms with van der Waals surface area (Å²) in [6, 6.07) is 17.8. The SMILES string of the molecule is C[C@H](c1c[nH]c2ccccc12)[C@H](CN1CCC2(CCc3ccccc32)CC1)NC(=O)C1CCCCC1. The molecule has 3 aliphatic rings. The minimum absolute atomic E-state index is 0.114. The maximum absolute atomic E-state index is 13.4. The summed E-state index contributed by atoms with van der Waals surface area (Å²) in [5.74, 6) is 0.720. The fraction of sp³-hybridized carbons (Fsp3) is 0.531. The number of nitrogens with zero attached hydrogens (tertiary/aromatic N) is 1. The number of likely N-dealkylation sites (tertiary alicyclic amines) is 1. The van der Waals surface area contributed by atoms with Gasteiger partial charge in [0.25, 0.3) is 0 Å². The van der Waals surface area contributed by atoms with Crippen molar-refractivity contribution in [1.82, 2.24) is 15.2 Å². The number of nitrogens with one attached hydrogen (secondary N) is 2. The van der Waals surface area contributed by atoms with Gasteiger partial charge in [-0.05, 0) is 79.8 Å². The molecular weight excluding hydrogens is 442 g/mol. The number of para-hydroxylation sites is 1. The number of H-pyrrole nitrogens is 1. The largest absolute Gasteiger partial charge is 0.361 e. The van der Waals surface area contributed by atoms with Crippen molar-refractivity contribution in [3.05, 3.63) is 71.4 Å². The highest BCUT2D eigenvalue weighted by Gasteiger charge is 2.41. The van der Waals surface area contributed by atoms with Crippen molar-refractivity contribution >= 4 is 16.8 Å². The van der Waals surface area contributed by atoms with Gasteiger partial charge in [-0.25, -0.2) is 0 Å². The predicted molar refractivity (Wildman–Crippen MR) is 147 cm³/mol. The van der Waals surface area contributed by atoms with Gasteiger partial charge in [-0.15, -0.1) is 0 Å². The smallest absolute Gasteiger partial charge is 0.223 e. The number of fused-ring (bicyclic) bond motifs is 3. The van der Waals surface area contributed by atoms with E-state index >= 15 is 0 Å². The van der Waals surface area contributed by atoms with Crippen LogP contribution < -0.4 is 5.32 Å². The van der Waals surface area contributed by atoms with Gasteiger partial charge in [0.15, 0.2) is 0 Å². The van der Waals surface area contributed by atoms with Crippen molar-refractivity contribution in [2.24, 2.45) is 5.92 Å². The zero-order valence-electron chi connectivity index (χ0n) is 21.8. The summed E-state index contributed by atoms with van der Waals surface area (Å²) in [5, 5.41) is 4.85. The zero-order valence-corrected chi connectivity index (χ0v) is 21.8. The van der Waals surface area contributed by atoms with E-state index in [4.69, 9.17) is 0 Å². The van der Waals surface area contributed by atoms with Crippen molar-refractivity contribution in [1.29, 1.82) is 0 Å². The number of benzene rings is 2. The third-order valence-corrected chi connectivity index (χ3v) is 9.75. The molecule has 1 amide bonds. The first-order valence-corrected chi connectivity index (χ1v) is 14.3. The summed E-state index contributed by atoms with van der Waals surface area (Å²) >= 11 is 0. The molecule has 1 saturated carbocycles. The van der Waals surface area contributed by atoms with Gasteiger partial charge in [0.2, 0.25) is 5.91 Å². The van der Waals surface area contributed by atoms with E-state index in [1.54, 1.807) is 11.1 Å². The minimum Gasteiger partial charge on any atom is -0.361 e. The van der Waals surface area contributed by atoms with Gasteiger partial charge in [0.05, 0.1) is 0 Å². The van der Waals surface area contributed by atoms with Crippen molar-refractivity contribution in [2.45, 2.75) is 82.1 Å². The number of piperidine rings is 1. The second-order valence-electron chi connectivity index (χ2n) is 11.8. The van der Waals surface area contributed by atoms with E-state index in [0.717, 1.165) is 32.5 Å². The van der Waals surface area contributed by atoms with Crippen LogP contribution in [0.2, 0.25) is 0 Å². The van der Waals surface area contributed by atoms with Crippen LogP contribution in [-0.2, 0) is 16.6 Å². The van der Waals surface area contributed by atoms with Gasteiger partial charge in [-0.3, -0.25) is 4.79 Å². The fourth-order valence-electron chi connectivity index (χ4n) is 7.41. The molecule has 190 valence electrons. The van der Waals surface area contributed by atoms with Crippen LogP contribution in [0, 0.1) is 5.92 Å². The Bertz CT molecular complexity index is 1200. The van der Waals surface area contributed by atoms with E-state index in [-0.39, 0.29) is 23.8 Å². The maximum Gasteiger partial charge on any atom is 0.223 e. The second-order valence-corrected chi connectivity index (χ2v) is 11.8. The van der Waals surface area contributed by atoms with Crippen molar-refractivity contribution < 1.29 is 4.79 Å². The van der Waals surface area contributed by atoms with Crippen LogP contribution in [0.1, 0.15) is 80.9 Å². The molecule has 2 fully saturated rings. The summed E-state index contributed by atoms with van der Waals surface area (Å²) < 4.78 is 0. The number of hydrogen-bond donors (Lipinski definition) is 2. The van der Waals surface area contributed by atoms with E-state index in [2.05, 4.69) is 76.9 Å². The second kappa shape index (κ2) is 10.0. The molecule has 6 rings (SSSR count). The summed E-state index contributed by atoms with van der Waals surface area (Å²) in [6.07, 6.45) is 12.9. The lowest BCUT2D eigenvalue weighted by Crippen LogP contribution is -2.51. The number of hydrogen-bond acceptors (Lipinski definition) is 2. The van der Waals surface area contributed by atoms with E-state index in [1.807, 2.05) is 0 Å². The number of rotatable bonds is 6. The van der Waals surface area contributed by atoms with Gasteiger partial charge in [0.1, 0.15) is 0 Å². The molecule has 2 aliphatic carbocycles. The van der Waals surface area contributed by atoms with Gasteiger partial charge in [-0.1, -0.05) is 68.7 Å². The number of carbonyl (C=O) groups is 1. The first kappa shape index (κ1) is 23.8. The number of amides is 1. The predicted octanol–water partition coefficient (Wildman–Crippen LogP) is 6.32. The summed E-state index contributed by atoms with van der Waals surface area (Å²) in [7, 11) is 0. The summed E-state index contributed by atoms with van der Waals surface area (Å²) in [4.78, 5) is 19.5. The Kier molecular flexibility index (Phi) is 6.64. The van der Waals surface area contributed by atoms with Crippen LogP contribution in [0.25, 0.3) is 10.9 Å². The number of aromatic amines is 1. The molecule has 2 atom stereocenters. The Morgan fingerprint density at radius 1 is 1.03 bits per heavy atom. The summed E-state index contributed by atoms with van der Waals surface area (Å²) in [5.41, 5.74) is 6.04. The third-order valence-electron chi connectivity index (χ3n) is 9.75. The highest BCUT2D eigenvalue weighted by molar-refractivity contribution is 5.84. The Labute approximate surface area is 215 Å². The Morgan fingerprint density at radius 2 is 1.78 bits per heavy atom. The molecule has 1 saturated heterocycles. The molecule has 2 N–H and O–H groups in total. The van der Waals surface area contributed by atoms with Crippen molar-refractivity contribution in [2.75, 3.05) is 19.6 Å². The Hall–Kier alpha value is -2.59. The Balaban J connectivity index is 1.19. The molecule has 2 aromatic carbocycles. The number of aryl methyl sites for hydroxylation is 1. The van der Waals surface area contributed by atoms with E-state index in [0.29, 0.717) is 5.41 Å². The molecular formula is C32H41N3O. The van der Waals surface area contributed by atoms with E-state index in [9.17, 15) is 4.79 Å². The van der Waals surface area contributed by atoms with Crippen LogP contribution in [0.3, 0.4) is 0 Å². The molecule has 0 unspecified atom stereocenters. The molecule has 0 bridgehead atoms. The summed E-state index contributed by atoms with van der Waals surface area (Å²) in [6.45, 7) is 5.46. The van der Waals surface area contributed by atoms with Gasteiger partial charge in [0, 0.05) is 41.5 Å². The molecule has 4 nitrogen and oxygen atoms in total. The lowest BCUT2D eigenvalue weighted by atomic mass is 9.73. The molecule has 2 heterocycles. The first-order valence-electron chi connectivity index (χ1n) is 14.3. The maximum atomic E-state index is 13.4. The van der Waals surface area contributed by atoms with Crippen LogP contribution in [0.15, 0.2) is 54.7 Å². The lowest BCUT2D eigenvalue weighted by Gasteiger charge is -2.42. The quantitative estimate of drug-likeness (QED) is 0.431. The minimum atomic E-state index is 0.114. The number of aromatic nitrogens is 1. The molecule has 1 aromatic heterocycles. The van der Waals surface area contributed by atoms with Gasteiger partial charge >= 0.3 is 0 Å². The third kappa shape index (κ3) is 4.49. The van der Waals surface area contributed by atoms with Gasteiger partial charge < -0.3 is 15.2 Å². The normalized spacial score (nSPS) is 21.9. The molecule has 36 heavy (non-hydrogen) atoms. The van der Waals surface area contributed by atoms with Crippen LogP contribution in [0.4, 0.5) is 0 Å². The lowest BCUT2D eigenvalue weighted by molar-refractivity contribution is -0.127. The number of carbonyl (C=O) groups excluding carboxylic acids is 1. The average molecular weight is 484 g/mol. The fourth-order valence-corrected chi connectivity index (χ4v) is 7.41.